The fraction of sp³-hybridized carbons (Fsp3) is 0.294. The van der Waals surface area contributed by atoms with Gasteiger partial charge in [0.25, 0.3) is 0 Å². The summed E-state index contributed by atoms with van der Waals surface area (Å²) in [6.45, 7) is 0.889. The van der Waals surface area contributed by atoms with Gasteiger partial charge in [0, 0.05) is 19.3 Å². The number of ether oxygens (including phenoxy) is 1. The first-order valence-electron chi connectivity index (χ1n) is 8.10. The van der Waals surface area contributed by atoms with Crippen molar-refractivity contribution < 1.29 is 26.0 Å². The molecule has 0 amide bonds. The van der Waals surface area contributed by atoms with Crippen molar-refractivity contribution in [3.63, 3.8) is 0 Å². The van der Waals surface area contributed by atoms with Crippen molar-refractivity contribution in [1.82, 2.24) is 4.72 Å². The highest BCUT2D eigenvalue weighted by molar-refractivity contribution is 7.91. The number of sulfone groups is 1. The van der Waals surface area contributed by atoms with E-state index in [0.717, 1.165) is 30.3 Å². The lowest BCUT2D eigenvalue weighted by Crippen LogP contribution is -2.39. The van der Waals surface area contributed by atoms with Crippen molar-refractivity contribution in [2.24, 2.45) is 0 Å². The molecular weight excluding hydrogens is 417 g/mol. The predicted octanol–water partition coefficient (Wildman–Crippen LogP) is 2.77. The van der Waals surface area contributed by atoms with E-state index in [1.165, 1.54) is 12.1 Å². The highest BCUT2D eigenvalue weighted by atomic mass is 35.5. The molecule has 0 unspecified atom stereocenters. The molecule has 0 saturated carbocycles. The Labute approximate surface area is 162 Å². The molecule has 0 aliphatic carbocycles. The smallest absolute Gasteiger partial charge is 0.242 e. The lowest BCUT2D eigenvalue weighted by molar-refractivity contribution is 0.0832. The summed E-state index contributed by atoms with van der Waals surface area (Å²) in [5.41, 5.74) is 0. The fourth-order valence-electron chi connectivity index (χ4n) is 2.70. The highest BCUT2D eigenvalue weighted by Crippen LogP contribution is 2.29. The van der Waals surface area contributed by atoms with Crippen LogP contribution in [0.2, 0.25) is 5.02 Å². The molecular formula is C17H17ClFNO5S2. The van der Waals surface area contributed by atoms with E-state index in [0.29, 0.717) is 26.1 Å². The maximum absolute atomic E-state index is 13.1. The molecule has 3 rings (SSSR count). The molecule has 0 aromatic heterocycles. The standard InChI is InChI=1S/C17H17ClFNO5S2/c18-16-6-5-15(26(21,22)14-3-1-12(19)2-4-14)11-17(16)27(23,24)20-13-7-9-25-10-8-13/h1-6,11,13,20H,7-10H2. The number of benzene rings is 2. The van der Waals surface area contributed by atoms with Crippen LogP contribution in [-0.4, -0.2) is 36.1 Å². The number of halogens is 2. The molecule has 0 spiro atoms. The van der Waals surface area contributed by atoms with Gasteiger partial charge in [0.1, 0.15) is 10.7 Å². The third kappa shape index (κ3) is 4.49. The van der Waals surface area contributed by atoms with Gasteiger partial charge in [0.15, 0.2) is 0 Å². The molecule has 6 nitrogen and oxygen atoms in total. The second-order valence-corrected chi connectivity index (χ2v) is 10.1. The van der Waals surface area contributed by atoms with Crippen LogP contribution in [0.1, 0.15) is 12.8 Å². The Kier molecular flexibility index (Phi) is 5.87. The van der Waals surface area contributed by atoms with Crippen molar-refractivity contribution in [2.45, 2.75) is 33.6 Å². The second kappa shape index (κ2) is 7.84. The van der Waals surface area contributed by atoms with Crippen molar-refractivity contribution in [3.8, 4) is 0 Å². The third-order valence-corrected chi connectivity index (χ3v) is 7.94. The monoisotopic (exact) mass is 433 g/mol. The van der Waals surface area contributed by atoms with Crippen LogP contribution in [0.15, 0.2) is 57.2 Å². The van der Waals surface area contributed by atoms with E-state index in [1.54, 1.807) is 0 Å². The SMILES string of the molecule is O=S(=O)(NC1CCOCC1)c1cc(S(=O)(=O)c2ccc(F)cc2)ccc1Cl. The van der Waals surface area contributed by atoms with Gasteiger partial charge in [0.2, 0.25) is 19.9 Å². The zero-order valence-electron chi connectivity index (χ0n) is 14.1. The average molecular weight is 434 g/mol. The molecule has 0 radical (unpaired) electrons. The molecule has 1 heterocycles. The molecule has 1 aliphatic heterocycles. The molecule has 2 aromatic carbocycles. The van der Waals surface area contributed by atoms with Gasteiger partial charge in [-0.15, -0.1) is 0 Å². The molecule has 1 aliphatic rings. The molecule has 27 heavy (non-hydrogen) atoms. The summed E-state index contributed by atoms with van der Waals surface area (Å²) in [7, 11) is -8.05. The zero-order chi connectivity index (χ0) is 19.7. The highest BCUT2D eigenvalue weighted by Gasteiger charge is 2.27. The summed E-state index contributed by atoms with van der Waals surface area (Å²) in [4.78, 5) is -0.711. The van der Waals surface area contributed by atoms with Crippen LogP contribution in [0.4, 0.5) is 4.39 Å². The van der Waals surface area contributed by atoms with Gasteiger partial charge >= 0.3 is 0 Å². The van der Waals surface area contributed by atoms with Crippen molar-refractivity contribution >= 4 is 31.5 Å². The number of hydrogen-bond donors (Lipinski definition) is 1. The molecule has 0 bridgehead atoms. The number of sulfonamides is 1. The van der Waals surface area contributed by atoms with E-state index in [-0.39, 0.29) is 25.8 Å². The quantitative estimate of drug-likeness (QED) is 0.732. The maximum Gasteiger partial charge on any atom is 0.242 e. The molecule has 1 fully saturated rings. The summed E-state index contributed by atoms with van der Waals surface area (Å²) < 4.78 is 71.7. The van der Waals surface area contributed by atoms with Gasteiger partial charge < -0.3 is 4.74 Å². The van der Waals surface area contributed by atoms with E-state index in [2.05, 4.69) is 4.72 Å². The largest absolute Gasteiger partial charge is 0.381 e. The van der Waals surface area contributed by atoms with Gasteiger partial charge in [0.05, 0.1) is 14.8 Å². The van der Waals surface area contributed by atoms with Gasteiger partial charge in [-0.1, -0.05) is 11.6 Å². The van der Waals surface area contributed by atoms with Crippen molar-refractivity contribution in [3.05, 3.63) is 53.3 Å². The van der Waals surface area contributed by atoms with E-state index in [4.69, 9.17) is 16.3 Å². The van der Waals surface area contributed by atoms with Crippen LogP contribution >= 0.6 is 11.6 Å². The minimum absolute atomic E-state index is 0.0902. The first kappa shape index (κ1) is 20.2. The average Bonchev–Trinajstić information content (AvgIpc) is 2.62. The third-order valence-electron chi connectivity index (χ3n) is 4.17. The minimum atomic E-state index is -4.03. The van der Waals surface area contributed by atoms with Crippen LogP contribution < -0.4 is 4.72 Å². The van der Waals surface area contributed by atoms with Crippen LogP contribution in [0, 0.1) is 5.82 Å². The molecule has 1 N–H and O–H groups in total. The number of nitrogens with one attached hydrogen (secondary N) is 1. The molecule has 1 saturated heterocycles. The number of rotatable bonds is 5. The lowest BCUT2D eigenvalue weighted by Gasteiger charge is -2.23. The first-order valence-corrected chi connectivity index (χ1v) is 11.4. The van der Waals surface area contributed by atoms with E-state index >= 15 is 0 Å². The predicted molar refractivity (Wildman–Crippen MR) is 97.5 cm³/mol. The topological polar surface area (TPSA) is 89.5 Å². The number of hydrogen-bond acceptors (Lipinski definition) is 5. The Balaban J connectivity index is 1.97. The molecule has 10 heteroatoms. The summed E-state index contributed by atoms with van der Waals surface area (Å²) in [5.74, 6) is -0.575. The Morgan fingerprint density at radius 1 is 0.963 bits per heavy atom. The van der Waals surface area contributed by atoms with Crippen molar-refractivity contribution in [2.75, 3.05) is 13.2 Å². The summed E-state index contributed by atoms with van der Waals surface area (Å²) >= 11 is 6.03. The van der Waals surface area contributed by atoms with Crippen LogP contribution in [0.25, 0.3) is 0 Å². The molecule has 2 aromatic rings. The summed E-state index contributed by atoms with van der Waals surface area (Å²) in [6.07, 6.45) is 1.04. The van der Waals surface area contributed by atoms with Gasteiger partial charge in [-0.05, 0) is 55.3 Å². The van der Waals surface area contributed by atoms with E-state index in [1.807, 2.05) is 0 Å². The Morgan fingerprint density at radius 2 is 1.56 bits per heavy atom. The molecule has 0 atom stereocenters. The second-order valence-electron chi connectivity index (χ2n) is 6.06. The summed E-state index contributed by atoms with van der Waals surface area (Å²) in [6, 6.07) is 7.42. The van der Waals surface area contributed by atoms with Gasteiger partial charge in [-0.3, -0.25) is 0 Å². The summed E-state index contributed by atoms with van der Waals surface area (Å²) in [5, 5.41) is -0.0902. The maximum atomic E-state index is 13.1. The minimum Gasteiger partial charge on any atom is -0.381 e. The Morgan fingerprint density at radius 3 is 2.19 bits per heavy atom. The van der Waals surface area contributed by atoms with E-state index < -0.39 is 25.7 Å². The van der Waals surface area contributed by atoms with Crippen molar-refractivity contribution in [1.29, 1.82) is 0 Å². The zero-order valence-corrected chi connectivity index (χ0v) is 16.4. The normalized spacial score (nSPS) is 16.4. The molecule has 146 valence electrons. The van der Waals surface area contributed by atoms with Crippen LogP contribution in [0.3, 0.4) is 0 Å². The van der Waals surface area contributed by atoms with Crippen LogP contribution in [-0.2, 0) is 24.6 Å². The van der Waals surface area contributed by atoms with Crippen LogP contribution in [0.5, 0.6) is 0 Å². The lowest BCUT2D eigenvalue weighted by atomic mass is 10.1. The Hall–Kier alpha value is -1.52. The Bertz CT molecular complexity index is 1030. The first-order chi connectivity index (χ1) is 12.7. The van der Waals surface area contributed by atoms with E-state index in [9.17, 15) is 21.2 Å². The fourth-order valence-corrected chi connectivity index (χ4v) is 5.90. The van der Waals surface area contributed by atoms with Gasteiger partial charge in [-0.25, -0.2) is 25.9 Å². The van der Waals surface area contributed by atoms with Gasteiger partial charge in [-0.2, -0.15) is 0 Å².